The van der Waals surface area contributed by atoms with Gasteiger partial charge in [-0.2, -0.15) is 0 Å². The molecule has 2 aromatic heterocycles. The number of hydrogen-bond donors (Lipinski definition) is 2. The van der Waals surface area contributed by atoms with Gasteiger partial charge in [0, 0.05) is 42.4 Å². The van der Waals surface area contributed by atoms with Gasteiger partial charge in [-0.05, 0) is 42.3 Å². The molecule has 6 rings (SSSR count). The molecule has 0 bridgehead atoms. The molecular weight excluding hydrogens is 498 g/mol. The molecule has 1 aliphatic carbocycles. The number of fused-ring (bicyclic) bond motifs is 2. The van der Waals surface area contributed by atoms with Gasteiger partial charge in [0.25, 0.3) is 5.91 Å². The van der Waals surface area contributed by atoms with E-state index in [1.54, 1.807) is 7.05 Å². The van der Waals surface area contributed by atoms with Crippen LogP contribution in [0.5, 0.6) is 0 Å². The topological polar surface area (TPSA) is 88.9 Å². The van der Waals surface area contributed by atoms with Gasteiger partial charge < -0.3 is 15.2 Å². The van der Waals surface area contributed by atoms with Crippen LogP contribution in [0, 0.1) is 5.92 Å². The number of carbonyl (C=O) groups excluding carboxylic acids is 2. The summed E-state index contributed by atoms with van der Waals surface area (Å²) in [6.45, 7) is 2.13. The van der Waals surface area contributed by atoms with Gasteiger partial charge in [0.05, 0.1) is 22.6 Å². The number of amides is 2. The largest absolute Gasteiger partial charge is 0.359 e. The molecule has 0 radical (unpaired) electrons. The number of nitrogens with zero attached hydrogens (tertiary/aromatic N) is 3. The van der Waals surface area contributed by atoms with Gasteiger partial charge in [-0.1, -0.05) is 74.0 Å². The molecule has 1 atom stereocenters. The van der Waals surface area contributed by atoms with Crippen LogP contribution in [0.4, 0.5) is 0 Å². The van der Waals surface area contributed by atoms with Gasteiger partial charge in [-0.15, -0.1) is 0 Å². The molecule has 2 heterocycles. The van der Waals surface area contributed by atoms with E-state index in [0.717, 1.165) is 51.6 Å². The molecule has 1 aliphatic rings. The van der Waals surface area contributed by atoms with Crippen molar-refractivity contribution in [3.63, 3.8) is 0 Å². The van der Waals surface area contributed by atoms with Crippen molar-refractivity contribution >= 4 is 33.6 Å². The molecule has 0 unspecified atom stereocenters. The van der Waals surface area contributed by atoms with Crippen LogP contribution in [0.2, 0.25) is 0 Å². The summed E-state index contributed by atoms with van der Waals surface area (Å²) in [5.41, 5.74) is 4.15. The van der Waals surface area contributed by atoms with Crippen molar-refractivity contribution in [1.29, 1.82) is 0 Å². The number of carbonyl (C=O) groups is 2. The van der Waals surface area contributed by atoms with Gasteiger partial charge in [0.2, 0.25) is 5.91 Å². The van der Waals surface area contributed by atoms with E-state index in [9.17, 15) is 9.59 Å². The minimum atomic E-state index is -0.126. The highest BCUT2D eigenvalue weighted by molar-refractivity contribution is 6.07. The molecule has 5 aromatic rings. The second kappa shape index (κ2) is 10.9. The van der Waals surface area contributed by atoms with Gasteiger partial charge >= 0.3 is 0 Å². The number of benzene rings is 3. The lowest BCUT2D eigenvalue weighted by atomic mass is 9.79. The van der Waals surface area contributed by atoms with Crippen molar-refractivity contribution in [2.45, 2.75) is 44.7 Å². The van der Waals surface area contributed by atoms with E-state index in [-0.39, 0.29) is 29.8 Å². The Morgan fingerprint density at radius 1 is 0.975 bits per heavy atom. The Kier molecular flexibility index (Phi) is 7.03. The first-order valence-electron chi connectivity index (χ1n) is 14.0. The molecular formula is C33H33N5O2. The molecule has 40 heavy (non-hydrogen) atoms. The summed E-state index contributed by atoms with van der Waals surface area (Å²) in [5.74, 6) is 0.642. The lowest BCUT2D eigenvalue weighted by molar-refractivity contribution is -0.128. The van der Waals surface area contributed by atoms with Crippen LogP contribution < -0.4 is 10.6 Å². The van der Waals surface area contributed by atoms with Crippen LogP contribution in [0.1, 0.15) is 60.6 Å². The van der Waals surface area contributed by atoms with Crippen molar-refractivity contribution in [2.75, 3.05) is 7.05 Å². The summed E-state index contributed by atoms with van der Waals surface area (Å²) in [5, 5.41) is 8.16. The molecule has 0 aliphatic heterocycles. The number of aromatic nitrogens is 3. The fourth-order valence-corrected chi connectivity index (χ4v) is 5.92. The zero-order valence-electron chi connectivity index (χ0n) is 22.8. The van der Waals surface area contributed by atoms with E-state index in [1.165, 1.54) is 0 Å². The minimum Gasteiger partial charge on any atom is -0.359 e. The van der Waals surface area contributed by atoms with E-state index in [2.05, 4.69) is 45.3 Å². The average molecular weight is 532 g/mol. The smallest absolute Gasteiger partial charge is 0.253 e. The number of pyridine rings is 1. The first kappa shape index (κ1) is 25.7. The summed E-state index contributed by atoms with van der Waals surface area (Å²) in [6.07, 6.45) is 6.87. The summed E-state index contributed by atoms with van der Waals surface area (Å²) >= 11 is 0. The summed E-state index contributed by atoms with van der Waals surface area (Å²) in [7, 11) is 1.68. The Morgan fingerprint density at radius 3 is 2.52 bits per heavy atom. The standard InChI is InChI=1S/C33H33N5O2/c1-3-10-28(21-11-5-4-6-12-21)37-33(40)26-15-9-16-29-30(26)38(24-17-23(18-24)32(39)34-2)31(36-29)27-20-35-19-22-13-7-8-14-25(22)27/h4-9,11-16,19-20,23-24,28H,3,10,17-18H2,1-2H3,(H,34,39)(H,37,40)/t23?,24?,28-/m0/s1. The third-order valence-electron chi connectivity index (χ3n) is 8.04. The first-order valence-corrected chi connectivity index (χ1v) is 14.0. The maximum absolute atomic E-state index is 13.9. The minimum absolute atomic E-state index is 0.0378. The van der Waals surface area contributed by atoms with E-state index in [1.807, 2.05) is 67.0 Å². The van der Waals surface area contributed by atoms with Crippen LogP contribution in [0.15, 0.2) is 85.2 Å². The van der Waals surface area contributed by atoms with Crippen LogP contribution >= 0.6 is 0 Å². The highest BCUT2D eigenvalue weighted by Gasteiger charge is 2.38. The second-order valence-corrected chi connectivity index (χ2v) is 10.5. The Morgan fingerprint density at radius 2 is 1.75 bits per heavy atom. The zero-order valence-corrected chi connectivity index (χ0v) is 22.8. The monoisotopic (exact) mass is 531 g/mol. The summed E-state index contributed by atoms with van der Waals surface area (Å²) in [6, 6.07) is 23.9. The molecule has 2 amide bonds. The number of nitrogens with one attached hydrogen (secondary N) is 2. The zero-order chi connectivity index (χ0) is 27.6. The van der Waals surface area contributed by atoms with E-state index >= 15 is 0 Å². The van der Waals surface area contributed by atoms with Gasteiger partial charge in [0.1, 0.15) is 5.82 Å². The van der Waals surface area contributed by atoms with E-state index in [4.69, 9.17) is 4.98 Å². The van der Waals surface area contributed by atoms with Crippen molar-refractivity contribution in [3.8, 4) is 11.4 Å². The molecule has 0 spiro atoms. The molecule has 3 aromatic carbocycles. The highest BCUT2D eigenvalue weighted by atomic mass is 16.2. The van der Waals surface area contributed by atoms with Crippen molar-refractivity contribution in [3.05, 3.63) is 96.3 Å². The van der Waals surface area contributed by atoms with Crippen LogP contribution in [0.3, 0.4) is 0 Å². The van der Waals surface area contributed by atoms with E-state index < -0.39 is 0 Å². The fourth-order valence-electron chi connectivity index (χ4n) is 5.92. The summed E-state index contributed by atoms with van der Waals surface area (Å²) in [4.78, 5) is 35.9. The highest BCUT2D eigenvalue weighted by Crippen LogP contribution is 2.44. The Bertz CT molecular complexity index is 1680. The van der Waals surface area contributed by atoms with Crippen LogP contribution in [-0.4, -0.2) is 33.4 Å². The lowest BCUT2D eigenvalue weighted by Crippen LogP contribution is -2.38. The summed E-state index contributed by atoms with van der Waals surface area (Å²) < 4.78 is 2.19. The number of rotatable bonds is 8. The lowest BCUT2D eigenvalue weighted by Gasteiger charge is -2.36. The average Bonchev–Trinajstić information content (AvgIpc) is 3.35. The third kappa shape index (κ3) is 4.62. The number of hydrogen-bond acceptors (Lipinski definition) is 4. The predicted molar refractivity (Wildman–Crippen MR) is 158 cm³/mol. The SMILES string of the molecule is CCC[C@H](NC(=O)c1cccc2nc(-c3cncc4ccccc34)n(C3CC(C(=O)NC)C3)c12)c1ccccc1. The molecule has 1 fully saturated rings. The van der Waals surface area contributed by atoms with Crippen LogP contribution in [0.25, 0.3) is 33.2 Å². The molecule has 2 N–H and O–H groups in total. The normalized spacial score (nSPS) is 17.4. The van der Waals surface area contributed by atoms with Gasteiger partial charge in [-0.3, -0.25) is 14.6 Å². The van der Waals surface area contributed by atoms with E-state index in [0.29, 0.717) is 18.4 Å². The number of imidazole rings is 1. The van der Waals surface area contributed by atoms with Crippen molar-refractivity contribution in [2.24, 2.45) is 5.92 Å². The quantitative estimate of drug-likeness (QED) is 0.249. The molecule has 1 saturated carbocycles. The first-order chi connectivity index (χ1) is 19.6. The number of para-hydroxylation sites is 1. The van der Waals surface area contributed by atoms with Crippen LogP contribution in [-0.2, 0) is 4.79 Å². The third-order valence-corrected chi connectivity index (χ3v) is 8.04. The second-order valence-electron chi connectivity index (χ2n) is 10.5. The van der Waals surface area contributed by atoms with Crippen molar-refractivity contribution in [1.82, 2.24) is 25.2 Å². The predicted octanol–water partition coefficient (Wildman–Crippen LogP) is 6.22. The van der Waals surface area contributed by atoms with Gasteiger partial charge in [0.15, 0.2) is 0 Å². The Labute approximate surface area is 233 Å². The van der Waals surface area contributed by atoms with Crippen molar-refractivity contribution < 1.29 is 9.59 Å². The maximum atomic E-state index is 13.9. The van der Waals surface area contributed by atoms with Gasteiger partial charge in [-0.25, -0.2) is 4.98 Å². The maximum Gasteiger partial charge on any atom is 0.253 e. The molecule has 7 nitrogen and oxygen atoms in total. The Balaban J connectivity index is 1.48. The molecule has 0 saturated heterocycles. The molecule has 202 valence electrons. The molecule has 7 heteroatoms. The Hall–Kier alpha value is -4.52. The fraction of sp³-hybridized carbons (Fsp3) is 0.273.